The number of rotatable bonds is 5. The number of hydrazone groups is 1. The molecule has 0 amide bonds. The van der Waals surface area contributed by atoms with E-state index >= 15 is 0 Å². The number of nitrogens with one attached hydrogen (secondary N) is 1. The predicted molar refractivity (Wildman–Crippen MR) is 80.2 cm³/mol. The molecule has 0 bridgehead atoms. The third-order valence-electron chi connectivity index (χ3n) is 2.96. The number of phenols is 1. The predicted octanol–water partition coefficient (Wildman–Crippen LogP) is 2.91. The van der Waals surface area contributed by atoms with Crippen LogP contribution >= 0.6 is 0 Å². The maximum absolute atomic E-state index is 9.92. The number of ether oxygens (including phenoxy) is 1. The van der Waals surface area contributed by atoms with E-state index in [1.165, 1.54) is 0 Å². The molecule has 4 heteroatoms. The summed E-state index contributed by atoms with van der Waals surface area (Å²) in [5.41, 5.74) is 5.43. The van der Waals surface area contributed by atoms with Gasteiger partial charge >= 0.3 is 0 Å². The zero-order valence-corrected chi connectivity index (χ0v) is 11.6. The van der Waals surface area contributed by atoms with Crippen LogP contribution in [0.2, 0.25) is 0 Å². The summed E-state index contributed by atoms with van der Waals surface area (Å²) in [6.45, 7) is 2.46. The summed E-state index contributed by atoms with van der Waals surface area (Å²) in [4.78, 5) is 0. The van der Waals surface area contributed by atoms with E-state index in [9.17, 15) is 5.11 Å². The zero-order valence-electron chi connectivity index (χ0n) is 11.6. The topological polar surface area (TPSA) is 53.9 Å². The molecule has 0 aliphatic carbocycles. The molecule has 20 heavy (non-hydrogen) atoms. The minimum absolute atomic E-state index is 0.159. The summed E-state index contributed by atoms with van der Waals surface area (Å²) in [7, 11) is 1.57. The molecule has 104 valence electrons. The lowest BCUT2D eigenvalue weighted by Crippen LogP contribution is -2.10. The molecule has 0 radical (unpaired) electrons. The van der Waals surface area contributed by atoms with Gasteiger partial charge in [0, 0.05) is 0 Å². The summed E-state index contributed by atoms with van der Waals surface area (Å²) in [5.74, 6) is 0.764. The molecular formula is C16H18N2O2. The smallest absolute Gasteiger partial charge is 0.131 e. The Morgan fingerprint density at radius 1 is 1.15 bits per heavy atom. The van der Waals surface area contributed by atoms with Crippen molar-refractivity contribution in [2.24, 2.45) is 5.10 Å². The average Bonchev–Trinajstić information content (AvgIpc) is 2.47. The van der Waals surface area contributed by atoms with Gasteiger partial charge in [-0.05, 0) is 24.6 Å². The molecule has 0 unspecified atom stereocenters. The van der Waals surface area contributed by atoms with Gasteiger partial charge in [0.1, 0.15) is 11.5 Å². The lowest BCUT2D eigenvalue weighted by atomic mass is 10.1. The molecule has 0 saturated carbocycles. The first-order valence-electron chi connectivity index (χ1n) is 6.40. The maximum Gasteiger partial charge on any atom is 0.131 e. The van der Waals surface area contributed by atoms with Crippen molar-refractivity contribution in [1.29, 1.82) is 0 Å². The summed E-state index contributed by atoms with van der Waals surface area (Å²) >= 11 is 0. The van der Waals surface area contributed by atoms with E-state index in [1.807, 2.05) is 37.3 Å². The molecule has 0 aliphatic rings. The quantitative estimate of drug-likeness (QED) is 0.649. The molecule has 2 N–H and O–H groups in total. The van der Waals surface area contributed by atoms with Crippen molar-refractivity contribution in [2.45, 2.75) is 13.5 Å². The first-order chi connectivity index (χ1) is 9.72. The van der Waals surface area contributed by atoms with Gasteiger partial charge in [-0.3, -0.25) is 0 Å². The van der Waals surface area contributed by atoms with E-state index in [0.717, 1.165) is 5.56 Å². The van der Waals surface area contributed by atoms with Gasteiger partial charge in [0.05, 0.1) is 24.9 Å². The van der Waals surface area contributed by atoms with E-state index < -0.39 is 0 Å². The highest BCUT2D eigenvalue weighted by Crippen LogP contribution is 2.27. The molecule has 0 aliphatic heterocycles. The lowest BCUT2D eigenvalue weighted by molar-refractivity contribution is 0.406. The summed E-state index contributed by atoms with van der Waals surface area (Å²) in [5, 5.41) is 14.2. The molecule has 0 heterocycles. The number of methoxy groups -OCH3 is 1. The van der Waals surface area contributed by atoms with Crippen LogP contribution in [0.15, 0.2) is 53.6 Å². The minimum Gasteiger partial charge on any atom is -0.507 e. The SMILES string of the molecule is COc1cccc(O)c1/C(C)=N\NCc1ccccc1. The van der Waals surface area contributed by atoms with Crippen molar-refractivity contribution in [2.75, 3.05) is 7.11 Å². The highest BCUT2D eigenvalue weighted by molar-refractivity contribution is 6.03. The Bertz CT molecular complexity index is 595. The first kappa shape index (κ1) is 13.9. The normalized spacial score (nSPS) is 11.2. The van der Waals surface area contributed by atoms with Gasteiger partial charge in [0.25, 0.3) is 0 Å². The second-order valence-electron chi connectivity index (χ2n) is 4.37. The van der Waals surface area contributed by atoms with Crippen LogP contribution in [0.4, 0.5) is 0 Å². The van der Waals surface area contributed by atoms with Crippen molar-refractivity contribution in [3.8, 4) is 11.5 Å². The standard InChI is InChI=1S/C16H18N2O2/c1-12(16-14(19)9-6-10-15(16)20-2)18-17-11-13-7-4-3-5-8-13/h3-10,17,19H,11H2,1-2H3/b18-12-. The van der Waals surface area contributed by atoms with Gasteiger partial charge in [0.2, 0.25) is 0 Å². The van der Waals surface area contributed by atoms with Crippen LogP contribution in [0.5, 0.6) is 11.5 Å². The summed E-state index contributed by atoms with van der Waals surface area (Å²) in [6.07, 6.45) is 0. The Morgan fingerprint density at radius 2 is 1.90 bits per heavy atom. The number of phenolic OH excluding ortho intramolecular Hbond substituents is 1. The van der Waals surface area contributed by atoms with E-state index in [4.69, 9.17) is 4.74 Å². The largest absolute Gasteiger partial charge is 0.507 e. The van der Waals surface area contributed by atoms with Gasteiger partial charge < -0.3 is 15.3 Å². The van der Waals surface area contributed by atoms with Gasteiger partial charge in [-0.15, -0.1) is 0 Å². The van der Waals surface area contributed by atoms with Crippen molar-refractivity contribution in [3.05, 3.63) is 59.7 Å². The maximum atomic E-state index is 9.92. The number of benzene rings is 2. The Hall–Kier alpha value is -2.49. The summed E-state index contributed by atoms with van der Waals surface area (Å²) < 4.78 is 5.24. The van der Waals surface area contributed by atoms with Gasteiger partial charge in [-0.2, -0.15) is 5.10 Å². The molecule has 0 saturated heterocycles. The third kappa shape index (κ3) is 3.29. The van der Waals surface area contributed by atoms with Crippen molar-refractivity contribution >= 4 is 5.71 Å². The Morgan fingerprint density at radius 3 is 2.60 bits per heavy atom. The van der Waals surface area contributed by atoms with Crippen molar-refractivity contribution in [3.63, 3.8) is 0 Å². The average molecular weight is 270 g/mol. The van der Waals surface area contributed by atoms with Crippen LogP contribution in [0.25, 0.3) is 0 Å². The number of aromatic hydroxyl groups is 1. The van der Waals surface area contributed by atoms with Crippen LogP contribution < -0.4 is 10.2 Å². The van der Waals surface area contributed by atoms with Crippen LogP contribution in [-0.2, 0) is 6.54 Å². The number of nitrogens with zero attached hydrogens (tertiary/aromatic N) is 1. The molecule has 0 atom stereocenters. The summed E-state index contributed by atoms with van der Waals surface area (Å²) in [6, 6.07) is 15.2. The van der Waals surface area contributed by atoms with Crippen molar-refractivity contribution in [1.82, 2.24) is 5.43 Å². The molecule has 2 aromatic rings. The van der Waals surface area contributed by atoms with Crippen LogP contribution in [0, 0.1) is 0 Å². The molecule has 4 nitrogen and oxygen atoms in total. The number of hydrogen-bond acceptors (Lipinski definition) is 4. The van der Waals surface area contributed by atoms with E-state index in [-0.39, 0.29) is 5.75 Å². The van der Waals surface area contributed by atoms with Gasteiger partial charge in [-0.1, -0.05) is 36.4 Å². The Kier molecular flexibility index (Phi) is 4.60. The molecule has 0 aromatic heterocycles. The highest BCUT2D eigenvalue weighted by atomic mass is 16.5. The van der Waals surface area contributed by atoms with Gasteiger partial charge in [0.15, 0.2) is 0 Å². The molecule has 0 fully saturated rings. The first-order valence-corrected chi connectivity index (χ1v) is 6.40. The third-order valence-corrected chi connectivity index (χ3v) is 2.96. The highest BCUT2D eigenvalue weighted by Gasteiger charge is 2.11. The van der Waals surface area contributed by atoms with Crippen molar-refractivity contribution < 1.29 is 9.84 Å². The zero-order chi connectivity index (χ0) is 14.4. The van der Waals surface area contributed by atoms with Crippen LogP contribution in [-0.4, -0.2) is 17.9 Å². The van der Waals surface area contributed by atoms with E-state index in [1.54, 1.807) is 25.3 Å². The van der Waals surface area contributed by atoms with Gasteiger partial charge in [-0.25, -0.2) is 0 Å². The fourth-order valence-corrected chi connectivity index (χ4v) is 1.95. The Labute approximate surface area is 118 Å². The lowest BCUT2D eigenvalue weighted by Gasteiger charge is -2.10. The van der Waals surface area contributed by atoms with Crippen LogP contribution in [0.1, 0.15) is 18.1 Å². The van der Waals surface area contributed by atoms with Crippen LogP contribution in [0.3, 0.4) is 0 Å². The minimum atomic E-state index is 0.159. The van der Waals surface area contributed by atoms with E-state index in [2.05, 4.69) is 10.5 Å². The fraction of sp³-hybridized carbons (Fsp3) is 0.188. The second kappa shape index (κ2) is 6.61. The molecule has 2 aromatic carbocycles. The fourth-order valence-electron chi connectivity index (χ4n) is 1.95. The molecule has 2 rings (SSSR count). The molecular weight excluding hydrogens is 252 g/mol. The van der Waals surface area contributed by atoms with E-state index in [0.29, 0.717) is 23.6 Å². The Balaban J connectivity index is 2.11. The monoisotopic (exact) mass is 270 g/mol. The second-order valence-corrected chi connectivity index (χ2v) is 4.37. The molecule has 0 spiro atoms. The number of hydrogen-bond donors (Lipinski definition) is 2.